The van der Waals surface area contributed by atoms with E-state index >= 15 is 0 Å². The van der Waals surface area contributed by atoms with Crippen LogP contribution in [0.1, 0.15) is 152 Å². The molecule has 4 aliphatic rings. The monoisotopic (exact) mass is 614 g/mol. The minimum Gasteiger partial charge on any atom is -0.463 e. The van der Waals surface area contributed by atoms with E-state index in [1.165, 1.54) is 56.9 Å². The Morgan fingerprint density at radius 3 is 2.34 bits per heavy atom. The van der Waals surface area contributed by atoms with Gasteiger partial charge in [0.1, 0.15) is 12.2 Å². The molecule has 0 aliphatic heterocycles. The van der Waals surface area contributed by atoms with Gasteiger partial charge in [-0.05, 0) is 119 Å². The van der Waals surface area contributed by atoms with E-state index in [1.54, 1.807) is 0 Å². The van der Waals surface area contributed by atoms with Gasteiger partial charge in [-0.2, -0.15) is 0 Å². The molecule has 252 valence electrons. The lowest BCUT2D eigenvalue weighted by atomic mass is 9.47. The second kappa shape index (κ2) is 14.6. The molecule has 44 heavy (non-hydrogen) atoms. The summed E-state index contributed by atoms with van der Waals surface area (Å²) in [5, 5.41) is 0. The van der Waals surface area contributed by atoms with E-state index in [0.29, 0.717) is 18.4 Å². The van der Waals surface area contributed by atoms with E-state index in [1.807, 2.05) is 27.7 Å². The number of esters is 2. The fourth-order valence-electron chi connectivity index (χ4n) is 10.1. The second-order valence-electron chi connectivity index (χ2n) is 17.2. The van der Waals surface area contributed by atoms with Crippen LogP contribution in [0.15, 0.2) is 11.6 Å². The number of rotatable bonds is 13. The standard InChI is InChI=1S/C39H66O5/c1-26(2)11-10-12-27(3)32-15-16-33-31-14-13-29-25-30(19-22-38(29,8)34(31)20-23-39(32,33)9)44-36(41)18-17-35(40)43-28(4)21-24-42-37(5,6)7/h13,26-28,30-34H,10-12,14-25H2,1-9H3. The van der Waals surface area contributed by atoms with Crippen molar-refractivity contribution in [2.24, 2.45) is 46.3 Å². The number of hydrogen-bond acceptors (Lipinski definition) is 5. The Morgan fingerprint density at radius 2 is 1.64 bits per heavy atom. The molecule has 3 saturated carbocycles. The summed E-state index contributed by atoms with van der Waals surface area (Å²) in [7, 11) is 0. The van der Waals surface area contributed by atoms with Crippen molar-refractivity contribution in [3.8, 4) is 0 Å². The van der Waals surface area contributed by atoms with Crippen LogP contribution in [-0.4, -0.2) is 36.4 Å². The van der Waals surface area contributed by atoms with Crippen LogP contribution in [0, 0.1) is 46.3 Å². The van der Waals surface area contributed by atoms with Gasteiger partial charge in [-0.3, -0.25) is 9.59 Å². The smallest absolute Gasteiger partial charge is 0.306 e. The van der Waals surface area contributed by atoms with E-state index < -0.39 is 0 Å². The van der Waals surface area contributed by atoms with Gasteiger partial charge in [0, 0.05) is 12.8 Å². The van der Waals surface area contributed by atoms with E-state index in [-0.39, 0.29) is 48.0 Å². The molecule has 9 unspecified atom stereocenters. The Kier molecular flexibility index (Phi) is 11.8. The molecule has 4 rings (SSSR count). The van der Waals surface area contributed by atoms with Gasteiger partial charge in [0.15, 0.2) is 0 Å². The summed E-state index contributed by atoms with van der Waals surface area (Å²) in [4.78, 5) is 25.1. The molecule has 0 N–H and O–H groups in total. The van der Waals surface area contributed by atoms with Crippen molar-refractivity contribution in [1.29, 1.82) is 0 Å². The highest BCUT2D eigenvalue weighted by atomic mass is 16.6. The molecule has 0 saturated heterocycles. The van der Waals surface area contributed by atoms with Crippen molar-refractivity contribution in [2.45, 2.75) is 170 Å². The first-order valence-electron chi connectivity index (χ1n) is 18.3. The number of fused-ring (bicyclic) bond motifs is 5. The Bertz CT molecular complexity index is 1010. The molecule has 0 heterocycles. The maximum Gasteiger partial charge on any atom is 0.306 e. The van der Waals surface area contributed by atoms with Crippen molar-refractivity contribution in [3.63, 3.8) is 0 Å². The number of allylic oxidation sites excluding steroid dienone is 1. The summed E-state index contributed by atoms with van der Waals surface area (Å²) in [5.41, 5.74) is 2.08. The van der Waals surface area contributed by atoms with Gasteiger partial charge in [0.2, 0.25) is 0 Å². The number of carbonyl (C=O) groups is 2. The molecule has 0 spiro atoms. The van der Waals surface area contributed by atoms with Gasteiger partial charge in [-0.25, -0.2) is 0 Å². The van der Waals surface area contributed by atoms with Crippen LogP contribution in [0.5, 0.6) is 0 Å². The van der Waals surface area contributed by atoms with Crippen molar-refractivity contribution >= 4 is 11.9 Å². The van der Waals surface area contributed by atoms with Crippen molar-refractivity contribution in [1.82, 2.24) is 0 Å². The van der Waals surface area contributed by atoms with Crippen LogP contribution in [0.3, 0.4) is 0 Å². The largest absolute Gasteiger partial charge is 0.463 e. The Balaban J connectivity index is 1.25. The molecule has 0 aromatic carbocycles. The predicted molar refractivity (Wildman–Crippen MR) is 178 cm³/mol. The molecular formula is C39H66O5. The molecule has 0 aromatic rings. The van der Waals surface area contributed by atoms with E-state index in [2.05, 4.69) is 40.7 Å². The van der Waals surface area contributed by atoms with Crippen LogP contribution in [0.2, 0.25) is 0 Å². The highest BCUT2D eigenvalue weighted by molar-refractivity contribution is 5.77. The Hall–Kier alpha value is -1.36. The Labute approximate surface area is 270 Å². The van der Waals surface area contributed by atoms with E-state index in [9.17, 15) is 9.59 Å². The van der Waals surface area contributed by atoms with Gasteiger partial charge in [-0.15, -0.1) is 0 Å². The zero-order chi connectivity index (χ0) is 32.3. The average molecular weight is 615 g/mol. The van der Waals surface area contributed by atoms with Crippen LogP contribution in [0.25, 0.3) is 0 Å². The summed E-state index contributed by atoms with van der Waals surface area (Å²) < 4.78 is 17.2. The first-order chi connectivity index (χ1) is 20.6. The third-order valence-electron chi connectivity index (χ3n) is 12.5. The minimum atomic E-state index is -0.342. The highest BCUT2D eigenvalue weighted by Crippen LogP contribution is 2.67. The van der Waals surface area contributed by atoms with Crippen LogP contribution >= 0.6 is 0 Å². The van der Waals surface area contributed by atoms with Gasteiger partial charge < -0.3 is 14.2 Å². The quantitative estimate of drug-likeness (QED) is 0.153. The van der Waals surface area contributed by atoms with Crippen LogP contribution in [-0.2, 0) is 23.8 Å². The molecule has 0 radical (unpaired) electrons. The van der Waals surface area contributed by atoms with Gasteiger partial charge >= 0.3 is 11.9 Å². The summed E-state index contributed by atoms with van der Waals surface area (Å²) in [5.74, 6) is 4.35. The molecule has 0 aromatic heterocycles. The molecule has 0 bridgehead atoms. The lowest BCUT2D eigenvalue weighted by molar-refractivity contribution is -0.157. The fourth-order valence-corrected chi connectivity index (χ4v) is 10.1. The van der Waals surface area contributed by atoms with Crippen LogP contribution < -0.4 is 0 Å². The number of carbonyl (C=O) groups excluding carboxylic acids is 2. The van der Waals surface area contributed by atoms with Crippen molar-refractivity contribution < 1.29 is 23.8 Å². The SMILES string of the molecule is CC(C)CCCC(C)C1CCC2C3CC=C4CC(OC(=O)CCC(=O)OC(C)CCOC(C)(C)C)CCC4(C)C3CCC12C. The molecule has 3 fully saturated rings. The number of ether oxygens (including phenoxy) is 3. The summed E-state index contributed by atoms with van der Waals surface area (Å²) in [6.45, 7) is 20.9. The zero-order valence-electron chi connectivity index (χ0n) is 29.8. The highest BCUT2D eigenvalue weighted by Gasteiger charge is 2.59. The van der Waals surface area contributed by atoms with Gasteiger partial charge in [0.05, 0.1) is 25.0 Å². The lowest BCUT2D eigenvalue weighted by Gasteiger charge is -2.58. The maximum absolute atomic E-state index is 12.7. The van der Waals surface area contributed by atoms with Crippen molar-refractivity contribution in [3.05, 3.63) is 11.6 Å². The molecule has 0 amide bonds. The maximum atomic E-state index is 12.7. The molecule has 4 aliphatic carbocycles. The summed E-state index contributed by atoms with van der Waals surface area (Å²) >= 11 is 0. The van der Waals surface area contributed by atoms with E-state index in [0.717, 1.165) is 54.8 Å². The Morgan fingerprint density at radius 1 is 0.909 bits per heavy atom. The van der Waals surface area contributed by atoms with Crippen molar-refractivity contribution in [2.75, 3.05) is 6.61 Å². The van der Waals surface area contributed by atoms with E-state index in [4.69, 9.17) is 14.2 Å². The molecule has 5 nitrogen and oxygen atoms in total. The molecular weight excluding hydrogens is 548 g/mol. The second-order valence-corrected chi connectivity index (χ2v) is 17.2. The minimum absolute atomic E-state index is 0.0671. The normalized spacial score (nSPS) is 34.8. The first kappa shape index (κ1) is 35.5. The summed E-state index contributed by atoms with van der Waals surface area (Å²) in [6, 6.07) is 0. The predicted octanol–water partition coefficient (Wildman–Crippen LogP) is 9.86. The average Bonchev–Trinajstić information content (AvgIpc) is 3.28. The topological polar surface area (TPSA) is 61.8 Å². The fraction of sp³-hybridized carbons (Fsp3) is 0.897. The van der Waals surface area contributed by atoms with Crippen LogP contribution in [0.4, 0.5) is 0 Å². The lowest BCUT2D eigenvalue weighted by Crippen LogP contribution is -2.51. The molecule has 9 atom stereocenters. The van der Waals surface area contributed by atoms with Gasteiger partial charge in [0.25, 0.3) is 0 Å². The van der Waals surface area contributed by atoms with Gasteiger partial charge in [-0.1, -0.05) is 65.5 Å². The first-order valence-corrected chi connectivity index (χ1v) is 18.3. The number of hydrogen-bond donors (Lipinski definition) is 0. The zero-order valence-corrected chi connectivity index (χ0v) is 29.8. The molecule has 5 heteroatoms. The third-order valence-corrected chi connectivity index (χ3v) is 12.5. The summed E-state index contributed by atoms with van der Waals surface area (Å²) in [6.07, 6.45) is 16.9. The third kappa shape index (κ3) is 8.51.